The molecular weight excluding hydrogens is 223 g/mol. The highest BCUT2D eigenvalue weighted by atomic mass is 35.5. The SMILES string of the molecule is COC(=O)CCC(CN)C(F)(F)F.Cl. The molecule has 86 valence electrons. The molecule has 3 nitrogen and oxygen atoms in total. The van der Waals surface area contributed by atoms with Gasteiger partial charge in [0.25, 0.3) is 0 Å². The fourth-order valence-corrected chi connectivity index (χ4v) is 0.809. The Balaban J connectivity index is 0. The summed E-state index contributed by atoms with van der Waals surface area (Å²) in [6, 6.07) is 0. The maximum Gasteiger partial charge on any atom is 0.393 e. The first-order valence-electron chi connectivity index (χ1n) is 3.75. The molecule has 0 spiro atoms. The van der Waals surface area contributed by atoms with Crippen LogP contribution < -0.4 is 5.73 Å². The van der Waals surface area contributed by atoms with Gasteiger partial charge in [0.05, 0.1) is 13.0 Å². The molecule has 14 heavy (non-hydrogen) atoms. The molecule has 7 heteroatoms. The fraction of sp³-hybridized carbons (Fsp3) is 0.857. The second-order valence-corrected chi connectivity index (χ2v) is 2.59. The van der Waals surface area contributed by atoms with Crippen molar-refractivity contribution in [2.45, 2.75) is 19.0 Å². The summed E-state index contributed by atoms with van der Waals surface area (Å²) in [5, 5.41) is 0. The maximum atomic E-state index is 12.0. The summed E-state index contributed by atoms with van der Waals surface area (Å²) in [7, 11) is 1.13. The molecule has 0 radical (unpaired) electrons. The van der Waals surface area contributed by atoms with E-state index < -0.39 is 24.6 Å². The van der Waals surface area contributed by atoms with E-state index in [9.17, 15) is 18.0 Å². The highest BCUT2D eigenvalue weighted by molar-refractivity contribution is 5.85. The second kappa shape index (κ2) is 6.89. The van der Waals surface area contributed by atoms with Crippen molar-refractivity contribution >= 4 is 18.4 Å². The first kappa shape index (κ1) is 16.0. The molecule has 0 saturated carbocycles. The normalized spacial score (nSPS) is 12.9. The number of hydrogen-bond donors (Lipinski definition) is 1. The van der Waals surface area contributed by atoms with E-state index in [0.717, 1.165) is 7.11 Å². The van der Waals surface area contributed by atoms with Crippen molar-refractivity contribution in [3.63, 3.8) is 0 Å². The van der Waals surface area contributed by atoms with Crippen LogP contribution in [-0.4, -0.2) is 25.8 Å². The largest absolute Gasteiger partial charge is 0.469 e. The Hall–Kier alpha value is -0.490. The summed E-state index contributed by atoms with van der Waals surface area (Å²) in [5.41, 5.74) is 4.91. The van der Waals surface area contributed by atoms with Gasteiger partial charge in [0.1, 0.15) is 0 Å². The van der Waals surface area contributed by atoms with Crippen LogP contribution in [0.3, 0.4) is 0 Å². The molecular formula is C7H13ClF3NO2. The topological polar surface area (TPSA) is 52.3 Å². The zero-order valence-electron chi connectivity index (χ0n) is 7.63. The highest BCUT2D eigenvalue weighted by Crippen LogP contribution is 2.28. The van der Waals surface area contributed by atoms with E-state index in [-0.39, 0.29) is 25.2 Å². The first-order valence-corrected chi connectivity index (χ1v) is 3.75. The number of esters is 1. The number of hydrogen-bond acceptors (Lipinski definition) is 3. The Morgan fingerprint density at radius 3 is 2.29 bits per heavy atom. The molecule has 0 rings (SSSR count). The Morgan fingerprint density at radius 2 is 2.00 bits per heavy atom. The van der Waals surface area contributed by atoms with E-state index in [1.54, 1.807) is 0 Å². The molecule has 0 aliphatic rings. The quantitative estimate of drug-likeness (QED) is 0.752. The van der Waals surface area contributed by atoms with E-state index in [2.05, 4.69) is 4.74 Å². The molecule has 0 amide bonds. The Labute approximate surface area is 86.2 Å². The lowest BCUT2D eigenvalue weighted by Gasteiger charge is -2.17. The van der Waals surface area contributed by atoms with Crippen LogP contribution in [0.2, 0.25) is 0 Å². The average molecular weight is 236 g/mol. The minimum absolute atomic E-state index is 0. The highest BCUT2D eigenvalue weighted by Gasteiger charge is 2.38. The van der Waals surface area contributed by atoms with Gasteiger partial charge in [-0.2, -0.15) is 13.2 Å². The van der Waals surface area contributed by atoms with Crippen LogP contribution in [0.1, 0.15) is 12.8 Å². The van der Waals surface area contributed by atoms with Gasteiger partial charge >= 0.3 is 12.1 Å². The lowest BCUT2D eigenvalue weighted by molar-refractivity contribution is -0.174. The van der Waals surface area contributed by atoms with Crippen molar-refractivity contribution in [1.82, 2.24) is 0 Å². The van der Waals surface area contributed by atoms with E-state index >= 15 is 0 Å². The van der Waals surface area contributed by atoms with E-state index in [4.69, 9.17) is 5.73 Å². The smallest absolute Gasteiger partial charge is 0.393 e. The lowest BCUT2D eigenvalue weighted by Crippen LogP contribution is -2.30. The van der Waals surface area contributed by atoms with Gasteiger partial charge in [-0.3, -0.25) is 4.79 Å². The van der Waals surface area contributed by atoms with Crippen molar-refractivity contribution in [2.24, 2.45) is 11.7 Å². The van der Waals surface area contributed by atoms with Crippen LogP contribution in [0.4, 0.5) is 13.2 Å². The zero-order valence-corrected chi connectivity index (χ0v) is 8.45. The number of rotatable bonds is 4. The van der Waals surface area contributed by atoms with Crippen LogP contribution in [0.15, 0.2) is 0 Å². The third-order valence-electron chi connectivity index (χ3n) is 1.67. The number of nitrogens with two attached hydrogens (primary N) is 1. The van der Waals surface area contributed by atoms with Crippen molar-refractivity contribution in [3.05, 3.63) is 0 Å². The van der Waals surface area contributed by atoms with Crippen molar-refractivity contribution < 1.29 is 22.7 Å². The molecule has 0 aliphatic carbocycles. The molecule has 0 bridgehead atoms. The van der Waals surface area contributed by atoms with Crippen LogP contribution in [0.25, 0.3) is 0 Å². The second-order valence-electron chi connectivity index (χ2n) is 2.59. The summed E-state index contributed by atoms with van der Waals surface area (Å²) in [6.45, 7) is -0.500. The number of ether oxygens (including phenoxy) is 1. The molecule has 1 unspecified atom stereocenters. The number of halogens is 4. The number of alkyl halides is 3. The van der Waals surface area contributed by atoms with Gasteiger partial charge < -0.3 is 10.5 Å². The number of methoxy groups -OCH3 is 1. The molecule has 0 aromatic heterocycles. The minimum atomic E-state index is -4.33. The Morgan fingerprint density at radius 1 is 1.50 bits per heavy atom. The van der Waals surface area contributed by atoms with Crippen molar-refractivity contribution in [3.8, 4) is 0 Å². The Bertz CT molecular complexity index is 175. The summed E-state index contributed by atoms with van der Waals surface area (Å²) >= 11 is 0. The third-order valence-corrected chi connectivity index (χ3v) is 1.67. The molecule has 1 atom stereocenters. The van der Waals surface area contributed by atoms with Crippen LogP contribution in [0.5, 0.6) is 0 Å². The Kier molecular flexibility index (Phi) is 7.85. The monoisotopic (exact) mass is 235 g/mol. The predicted octanol–water partition coefficient (Wildman–Crippen LogP) is 1.50. The van der Waals surface area contributed by atoms with Gasteiger partial charge in [-0.25, -0.2) is 0 Å². The van der Waals surface area contributed by atoms with Gasteiger partial charge in [-0.1, -0.05) is 0 Å². The molecule has 0 aromatic rings. The molecule has 0 aliphatic heterocycles. The molecule has 0 saturated heterocycles. The van der Waals surface area contributed by atoms with Gasteiger partial charge in [0.2, 0.25) is 0 Å². The maximum absolute atomic E-state index is 12.0. The summed E-state index contributed by atoms with van der Waals surface area (Å²) < 4.78 is 40.3. The average Bonchev–Trinajstić information content (AvgIpc) is 2.02. The third kappa shape index (κ3) is 6.04. The van der Waals surface area contributed by atoms with Crippen LogP contribution in [0, 0.1) is 5.92 Å². The number of carbonyl (C=O) groups excluding carboxylic acids is 1. The van der Waals surface area contributed by atoms with Crippen LogP contribution >= 0.6 is 12.4 Å². The minimum Gasteiger partial charge on any atom is -0.469 e. The van der Waals surface area contributed by atoms with Gasteiger partial charge in [0, 0.05) is 13.0 Å². The fourth-order valence-electron chi connectivity index (χ4n) is 0.809. The summed E-state index contributed by atoms with van der Waals surface area (Å²) in [6.07, 6.45) is -4.90. The standard InChI is InChI=1S/C7H12F3NO2.ClH/c1-13-6(12)3-2-5(4-11)7(8,9)10;/h5H,2-4,11H2,1H3;1H. The summed E-state index contributed by atoms with van der Waals surface area (Å²) in [4.78, 5) is 10.5. The molecule has 0 heterocycles. The van der Waals surface area contributed by atoms with E-state index in [1.807, 2.05) is 0 Å². The lowest BCUT2D eigenvalue weighted by atomic mass is 10.0. The molecule has 0 fully saturated rings. The summed E-state index contributed by atoms with van der Waals surface area (Å²) in [5.74, 6) is -2.27. The van der Waals surface area contributed by atoms with Crippen molar-refractivity contribution in [1.29, 1.82) is 0 Å². The molecule has 2 N–H and O–H groups in total. The number of carbonyl (C=O) groups is 1. The van der Waals surface area contributed by atoms with Crippen molar-refractivity contribution in [2.75, 3.05) is 13.7 Å². The van der Waals surface area contributed by atoms with E-state index in [0.29, 0.717) is 0 Å². The predicted molar refractivity (Wildman–Crippen MR) is 47.1 cm³/mol. The van der Waals surface area contributed by atoms with Gasteiger partial charge in [0.15, 0.2) is 0 Å². The van der Waals surface area contributed by atoms with E-state index in [1.165, 1.54) is 0 Å². The van der Waals surface area contributed by atoms with Crippen LogP contribution in [-0.2, 0) is 9.53 Å². The molecule has 0 aromatic carbocycles. The zero-order chi connectivity index (χ0) is 10.5. The van der Waals surface area contributed by atoms with Gasteiger partial charge in [-0.15, -0.1) is 12.4 Å². The van der Waals surface area contributed by atoms with Gasteiger partial charge in [-0.05, 0) is 6.42 Å². The first-order chi connectivity index (χ1) is 5.91.